The maximum atomic E-state index is 12.6. The van der Waals surface area contributed by atoms with Crippen LogP contribution in [0.15, 0.2) is 125 Å². The van der Waals surface area contributed by atoms with E-state index in [-0.39, 0.29) is 55.5 Å². The molecular formula is C34H33CrN10O8S2+2. The molecule has 0 bridgehead atoms. The van der Waals surface area contributed by atoms with Gasteiger partial charge in [-0.25, -0.2) is 28.1 Å². The van der Waals surface area contributed by atoms with Crippen LogP contribution in [0.1, 0.15) is 22.5 Å². The summed E-state index contributed by atoms with van der Waals surface area (Å²) in [5.74, 6) is -1.28. The third-order valence-corrected chi connectivity index (χ3v) is 9.94. The summed E-state index contributed by atoms with van der Waals surface area (Å²) in [6.45, 7) is 6.34. The number of hydrogen-bond donors (Lipinski definition) is 4. The quantitative estimate of drug-likeness (QED) is 0.165. The van der Waals surface area contributed by atoms with Gasteiger partial charge < -0.3 is 10.2 Å². The normalized spacial score (nSPS) is 11.7. The van der Waals surface area contributed by atoms with Crippen molar-refractivity contribution >= 4 is 42.8 Å². The van der Waals surface area contributed by atoms with Crippen LogP contribution in [0.2, 0.25) is 0 Å². The van der Waals surface area contributed by atoms with E-state index in [0.717, 1.165) is 12.1 Å². The van der Waals surface area contributed by atoms with Crippen molar-refractivity contribution in [1.29, 1.82) is 0 Å². The maximum Gasteiger partial charge on any atom is 3.00 e. The minimum atomic E-state index is -4.01. The summed E-state index contributed by atoms with van der Waals surface area (Å²) in [6, 6.07) is 22.3. The zero-order chi connectivity index (χ0) is 39.5. The number of nitrogens with zero attached hydrogens (tertiary/aromatic N) is 6. The van der Waals surface area contributed by atoms with Gasteiger partial charge in [0.15, 0.2) is 11.4 Å². The summed E-state index contributed by atoms with van der Waals surface area (Å²) in [7, 11) is -7.77. The molecule has 2 heterocycles. The molecule has 55 heavy (non-hydrogen) atoms. The molecule has 1 radical (unpaired) electrons. The fourth-order valence-electron chi connectivity index (χ4n) is 5.14. The molecule has 0 spiro atoms. The fourth-order valence-corrected chi connectivity index (χ4v) is 6.76. The Morgan fingerprint density at radius 2 is 0.982 bits per heavy atom. The molecule has 0 saturated carbocycles. The van der Waals surface area contributed by atoms with Gasteiger partial charge in [-0.1, -0.05) is 47.9 Å². The molecule has 6 aromatic rings. The Bertz CT molecular complexity index is 2590. The molecule has 0 unspecified atom stereocenters. The van der Waals surface area contributed by atoms with Gasteiger partial charge in [0, 0.05) is 0 Å². The first-order valence-corrected chi connectivity index (χ1v) is 18.9. The fraction of sp³-hybridized carbons (Fsp3) is 0.118. The topological polar surface area (TPSA) is 293 Å². The number of nitrogens with one attached hydrogen (secondary N) is 2. The van der Waals surface area contributed by atoms with Crippen LogP contribution in [0.5, 0.6) is 11.5 Å². The second kappa shape index (κ2) is 16.6. The summed E-state index contributed by atoms with van der Waals surface area (Å²) in [6.07, 6.45) is 0. The summed E-state index contributed by atoms with van der Waals surface area (Å²) in [5.41, 5.74) is 1.92. The summed E-state index contributed by atoms with van der Waals surface area (Å²) >= 11 is 0. The van der Waals surface area contributed by atoms with E-state index in [4.69, 9.17) is 5.14 Å². The van der Waals surface area contributed by atoms with E-state index in [1.165, 1.54) is 35.3 Å². The van der Waals surface area contributed by atoms with E-state index in [1.807, 2.05) is 12.1 Å². The van der Waals surface area contributed by atoms with Gasteiger partial charge in [0.25, 0.3) is 11.1 Å². The van der Waals surface area contributed by atoms with Crippen LogP contribution >= 0.6 is 0 Å². The van der Waals surface area contributed by atoms with Crippen molar-refractivity contribution in [1.82, 2.24) is 19.6 Å². The van der Waals surface area contributed by atoms with Crippen molar-refractivity contribution in [3.63, 3.8) is 0 Å². The Kier molecular flexibility index (Phi) is 12.6. The van der Waals surface area contributed by atoms with Crippen LogP contribution in [-0.2, 0) is 37.4 Å². The number of primary sulfonamides is 1. The second-order valence-electron chi connectivity index (χ2n) is 11.9. The van der Waals surface area contributed by atoms with Gasteiger partial charge in [0.2, 0.25) is 10.0 Å². The van der Waals surface area contributed by atoms with Crippen molar-refractivity contribution in [2.24, 2.45) is 25.6 Å². The number of H-pyrrole nitrogens is 2. The molecule has 0 amide bonds. The summed E-state index contributed by atoms with van der Waals surface area (Å²) < 4.78 is 48.7. The third-order valence-electron chi connectivity index (χ3n) is 7.78. The number of benzene rings is 4. The number of aromatic nitrogens is 4. The molecule has 0 fully saturated rings. The molecule has 21 heteroatoms. The van der Waals surface area contributed by atoms with Crippen LogP contribution in [0.3, 0.4) is 0 Å². The first-order chi connectivity index (χ1) is 25.4. The van der Waals surface area contributed by atoms with Crippen LogP contribution in [0.25, 0.3) is 11.4 Å². The molecule has 4 aromatic carbocycles. The number of nitrogens with two attached hydrogens (primary N) is 1. The van der Waals surface area contributed by atoms with Gasteiger partial charge in [-0.15, -0.1) is 10.2 Å². The van der Waals surface area contributed by atoms with Crippen molar-refractivity contribution in [3.05, 3.63) is 128 Å². The molecule has 0 aliphatic rings. The predicted octanol–water partition coefficient (Wildman–Crippen LogP) is 3.12. The Hall–Kier alpha value is -5.95. The molecule has 6 rings (SSSR count). The standard InChI is InChI=1S/2C17H17N5O4S.Cr/c2*1-10-8-13(14(23)9-15(10)27(18,25)26)19-20-16-11(2)21-22(17(16)24)12-6-4-3-5-7-12;/h2*3-9,21,23H,1-2H3,(H2,18,25,26);/q;;+3/p-1. The average molecular weight is 826 g/mol. The Morgan fingerprint density at radius 3 is 1.35 bits per heavy atom. The molecule has 2 aromatic heterocycles. The number of aryl methyl sites for hydroxylation is 4. The van der Waals surface area contributed by atoms with Gasteiger partial charge in [-0.05, 0) is 87.4 Å². The molecule has 0 atom stereocenters. The minimum absolute atomic E-state index is 0. The first kappa shape index (κ1) is 41.8. The molecule has 7 N–H and O–H groups in total. The van der Waals surface area contributed by atoms with Gasteiger partial charge in [-0.3, -0.25) is 19.8 Å². The first-order valence-electron chi connectivity index (χ1n) is 15.7. The predicted molar refractivity (Wildman–Crippen MR) is 193 cm³/mol. The van der Waals surface area contributed by atoms with Crippen molar-refractivity contribution in [2.45, 2.75) is 37.5 Å². The van der Waals surface area contributed by atoms with Gasteiger partial charge in [0.05, 0.1) is 39.0 Å². The number of azo groups is 2. The second-order valence-corrected chi connectivity index (χ2v) is 15.1. The van der Waals surface area contributed by atoms with Crippen LogP contribution in [-0.4, -0.2) is 36.4 Å². The third kappa shape index (κ3) is 9.41. The number of sulfonamides is 2. The zero-order valence-electron chi connectivity index (χ0n) is 29.5. The van der Waals surface area contributed by atoms with E-state index in [1.54, 1.807) is 62.4 Å². The largest absolute Gasteiger partial charge is 3.00 e. The number of rotatable bonds is 8. The molecule has 0 aliphatic heterocycles. The van der Waals surface area contributed by atoms with Gasteiger partial charge in [0.1, 0.15) is 4.90 Å². The van der Waals surface area contributed by atoms with Crippen LogP contribution in [0.4, 0.5) is 22.7 Å². The number of aromatic amines is 2. The molecule has 0 saturated heterocycles. The molecular weight excluding hydrogens is 793 g/mol. The van der Waals surface area contributed by atoms with Gasteiger partial charge in [-0.2, -0.15) is 18.6 Å². The van der Waals surface area contributed by atoms with Crippen molar-refractivity contribution in [3.8, 4) is 22.9 Å². The van der Waals surface area contributed by atoms with Gasteiger partial charge >= 0.3 is 27.4 Å². The zero-order valence-corrected chi connectivity index (χ0v) is 32.4. The van der Waals surface area contributed by atoms with Crippen molar-refractivity contribution < 1.29 is 49.5 Å². The Balaban J connectivity index is 0.000000240. The Morgan fingerprint density at radius 1 is 0.618 bits per heavy atom. The Labute approximate surface area is 324 Å². The summed E-state index contributed by atoms with van der Waals surface area (Å²) in [5, 5.41) is 53.6. The van der Waals surface area contributed by atoms with Crippen LogP contribution < -0.4 is 31.6 Å². The van der Waals surface area contributed by atoms with E-state index < -0.39 is 42.7 Å². The molecule has 283 valence electrons. The number of para-hydroxylation sites is 2. The van der Waals surface area contributed by atoms with E-state index in [0.29, 0.717) is 28.3 Å². The molecule has 0 aliphatic carbocycles. The van der Waals surface area contributed by atoms with E-state index >= 15 is 0 Å². The van der Waals surface area contributed by atoms with E-state index in [2.05, 4.69) is 35.8 Å². The smallest absolute Gasteiger partial charge is 0.871 e. The average Bonchev–Trinajstić information content (AvgIpc) is 3.57. The summed E-state index contributed by atoms with van der Waals surface area (Å²) in [4.78, 5) is 24.7. The van der Waals surface area contributed by atoms with Crippen molar-refractivity contribution in [2.75, 3.05) is 0 Å². The molecule has 18 nitrogen and oxygen atoms in total. The number of quaternary nitrogens is 1. The minimum Gasteiger partial charge on any atom is -0.871 e. The SMILES string of the molecule is Cc1cc(N=Nc2c(C)[nH]n(-c3ccccc3)c2=O)c([O-])cc1S(N)(=O)=O.Cc1cc(N=Nc2c(C)[nH]n(-c3ccccc3)c2=O)c([O-])cc1S([NH3+])(=O)=O.[Cr+3]. The monoisotopic (exact) mass is 825 g/mol. The number of hydrogen-bond acceptors (Lipinski definition) is 12. The van der Waals surface area contributed by atoms with Crippen LogP contribution in [0, 0.1) is 27.7 Å². The van der Waals surface area contributed by atoms with E-state index in [9.17, 15) is 36.6 Å². The maximum absolute atomic E-state index is 12.6.